The van der Waals surface area contributed by atoms with Crippen molar-refractivity contribution in [1.29, 1.82) is 0 Å². The summed E-state index contributed by atoms with van der Waals surface area (Å²) < 4.78 is 7.96. The van der Waals surface area contributed by atoms with Gasteiger partial charge in [0.1, 0.15) is 23.6 Å². The Balaban J connectivity index is 2.61. The largest absolute Gasteiger partial charge is 0.470 e. The first-order chi connectivity index (χ1) is 9.11. The van der Waals surface area contributed by atoms with Crippen molar-refractivity contribution >= 4 is 69.8 Å². The van der Waals surface area contributed by atoms with Crippen LogP contribution in [0.2, 0.25) is 10.0 Å². The fraction of sp³-hybridized carbons (Fsp3) is 0.400. The molecule has 0 saturated heterocycles. The van der Waals surface area contributed by atoms with Crippen LogP contribution in [-0.2, 0) is 9.53 Å². The van der Waals surface area contributed by atoms with Crippen molar-refractivity contribution in [3.05, 3.63) is 16.1 Å². The van der Waals surface area contributed by atoms with Crippen LogP contribution in [-0.4, -0.2) is 27.5 Å². The van der Waals surface area contributed by atoms with Crippen molar-refractivity contribution in [3.63, 3.8) is 0 Å². The highest BCUT2D eigenvalue weighted by molar-refractivity contribution is 6.75. The zero-order valence-electron chi connectivity index (χ0n) is 10.0. The van der Waals surface area contributed by atoms with Crippen LogP contribution in [0.4, 0.5) is 5.82 Å². The van der Waals surface area contributed by atoms with Crippen molar-refractivity contribution in [3.8, 4) is 5.88 Å². The lowest BCUT2D eigenvalue weighted by Gasteiger charge is -2.17. The van der Waals surface area contributed by atoms with Gasteiger partial charge in [0.25, 0.3) is 3.79 Å². The third-order valence-electron chi connectivity index (χ3n) is 1.92. The summed E-state index contributed by atoms with van der Waals surface area (Å²) in [4.78, 5) is 15.1. The molecule has 0 saturated carbocycles. The molecule has 1 rings (SSSR count). The number of halogens is 5. The minimum Gasteiger partial charge on any atom is -0.470 e. The Kier molecular flexibility index (Phi) is 6.28. The third kappa shape index (κ3) is 5.22. The van der Waals surface area contributed by atoms with E-state index in [0.717, 1.165) is 0 Å². The summed E-state index contributed by atoms with van der Waals surface area (Å²) in [5.74, 6) is -0.879. The van der Waals surface area contributed by atoms with Gasteiger partial charge in [0.05, 0.1) is 5.02 Å². The highest BCUT2D eigenvalue weighted by atomic mass is 35.6. The summed E-state index contributed by atoms with van der Waals surface area (Å²) >= 11 is 27.6. The van der Waals surface area contributed by atoms with Gasteiger partial charge in [0.2, 0.25) is 5.88 Å². The lowest BCUT2D eigenvalue weighted by atomic mass is 10.4. The number of alkyl halides is 3. The van der Waals surface area contributed by atoms with Gasteiger partial charge in [-0.05, 0) is 13.0 Å². The summed E-state index contributed by atoms with van der Waals surface area (Å²) in [6.45, 7) is 1.45. The van der Waals surface area contributed by atoms with Gasteiger partial charge in [-0.25, -0.2) is 4.79 Å². The lowest BCUT2D eigenvalue weighted by molar-refractivity contribution is -0.144. The van der Waals surface area contributed by atoms with Gasteiger partial charge in [0, 0.05) is 0 Å². The Morgan fingerprint density at radius 1 is 1.40 bits per heavy atom. The first-order valence-corrected chi connectivity index (χ1v) is 7.02. The SMILES string of the molecule is CC(COC(=O)C(Cl)(Cl)Cl)Oc1nc(N)c(Cl)cc1Cl. The molecule has 1 unspecified atom stereocenters. The van der Waals surface area contributed by atoms with Crippen LogP contribution in [0.1, 0.15) is 6.92 Å². The van der Waals surface area contributed by atoms with E-state index in [4.69, 9.17) is 73.2 Å². The molecule has 1 heterocycles. The van der Waals surface area contributed by atoms with Crippen molar-refractivity contribution in [2.75, 3.05) is 12.3 Å². The van der Waals surface area contributed by atoms with Crippen molar-refractivity contribution < 1.29 is 14.3 Å². The average molecular weight is 382 g/mol. The summed E-state index contributed by atoms with van der Waals surface area (Å²) in [5.41, 5.74) is 5.53. The van der Waals surface area contributed by atoms with Crippen molar-refractivity contribution in [2.45, 2.75) is 16.8 Å². The molecule has 5 nitrogen and oxygen atoms in total. The number of hydrogen-bond donors (Lipinski definition) is 1. The Morgan fingerprint density at radius 3 is 2.55 bits per heavy atom. The molecule has 0 aliphatic heterocycles. The predicted octanol–water partition coefficient (Wildman–Crippen LogP) is 3.65. The monoisotopic (exact) mass is 380 g/mol. The molecule has 1 atom stereocenters. The molecule has 0 bridgehead atoms. The topological polar surface area (TPSA) is 74.4 Å². The van der Waals surface area contributed by atoms with Gasteiger partial charge in [-0.15, -0.1) is 0 Å². The first-order valence-electron chi connectivity index (χ1n) is 5.13. The second-order valence-corrected chi connectivity index (χ2v) is 6.76. The molecule has 20 heavy (non-hydrogen) atoms. The number of ether oxygens (including phenoxy) is 2. The Morgan fingerprint density at radius 2 is 2.00 bits per heavy atom. The van der Waals surface area contributed by atoms with Crippen LogP contribution in [0.25, 0.3) is 0 Å². The van der Waals surface area contributed by atoms with E-state index in [2.05, 4.69) is 4.98 Å². The quantitative estimate of drug-likeness (QED) is 0.635. The maximum atomic E-state index is 11.2. The number of nitrogens with zero attached hydrogens (tertiary/aromatic N) is 1. The smallest absolute Gasteiger partial charge is 0.358 e. The molecule has 2 N–H and O–H groups in total. The lowest BCUT2D eigenvalue weighted by Crippen LogP contribution is -2.28. The van der Waals surface area contributed by atoms with Gasteiger partial charge >= 0.3 is 5.97 Å². The first kappa shape index (κ1) is 17.7. The number of carbonyl (C=O) groups excluding carboxylic acids is 1. The zero-order chi connectivity index (χ0) is 15.5. The van der Waals surface area contributed by atoms with Crippen molar-refractivity contribution in [1.82, 2.24) is 4.98 Å². The molecular formula is C10H9Cl5N2O3. The number of nitrogen functional groups attached to an aromatic ring is 1. The van der Waals surface area contributed by atoms with Crippen LogP contribution in [0.5, 0.6) is 5.88 Å². The highest BCUT2D eigenvalue weighted by Gasteiger charge is 2.33. The van der Waals surface area contributed by atoms with Gasteiger partial charge < -0.3 is 15.2 Å². The fourth-order valence-electron chi connectivity index (χ4n) is 1.05. The summed E-state index contributed by atoms with van der Waals surface area (Å²) in [6.07, 6.45) is -0.586. The van der Waals surface area contributed by atoms with Crippen LogP contribution in [0.3, 0.4) is 0 Å². The molecule has 0 aromatic carbocycles. The van der Waals surface area contributed by atoms with E-state index in [1.165, 1.54) is 6.07 Å². The minimum absolute atomic E-state index is 0.0611. The zero-order valence-corrected chi connectivity index (χ0v) is 13.8. The summed E-state index contributed by atoms with van der Waals surface area (Å²) in [6, 6.07) is 1.39. The summed E-state index contributed by atoms with van der Waals surface area (Å²) in [7, 11) is 0. The standard InChI is InChI=1S/C10H9Cl5N2O3/c1-4(3-19-9(18)10(13,14)15)20-8-6(12)2-5(11)7(16)17-8/h2,4H,3H2,1H3,(H2,16,17). The van der Waals surface area contributed by atoms with E-state index >= 15 is 0 Å². The molecule has 1 aromatic heterocycles. The Bertz CT molecular complexity index is 506. The predicted molar refractivity (Wildman–Crippen MR) is 80.0 cm³/mol. The van der Waals surface area contributed by atoms with Crippen LogP contribution in [0.15, 0.2) is 6.07 Å². The Hall–Kier alpha value is -0.330. The fourth-order valence-corrected chi connectivity index (χ4v) is 1.61. The maximum Gasteiger partial charge on any atom is 0.358 e. The number of aromatic nitrogens is 1. The third-order valence-corrected chi connectivity index (χ3v) is 2.95. The van der Waals surface area contributed by atoms with Crippen LogP contribution in [0, 0.1) is 0 Å². The second-order valence-electron chi connectivity index (χ2n) is 3.67. The number of anilines is 1. The van der Waals surface area contributed by atoms with E-state index in [1.54, 1.807) is 6.92 Å². The van der Waals surface area contributed by atoms with E-state index in [1.807, 2.05) is 0 Å². The minimum atomic E-state index is -2.14. The summed E-state index contributed by atoms with van der Waals surface area (Å²) in [5, 5.41) is 0.376. The van der Waals surface area contributed by atoms with Crippen LogP contribution >= 0.6 is 58.0 Å². The molecule has 0 spiro atoms. The molecule has 0 aliphatic carbocycles. The molecular weight excluding hydrogens is 373 g/mol. The second kappa shape index (κ2) is 7.09. The molecule has 10 heteroatoms. The number of pyridine rings is 1. The average Bonchev–Trinajstić information content (AvgIpc) is 2.31. The number of rotatable bonds is 4. The molecule has 0 fully saturated rings. The number of carbonyl (C=O) groups is 1. The van der Waals surface area contributed by atoms with Gasteiger partial charge in [-0.2, -0.15) is 4.98 Å². The van der Waals surface area contributed by atoms with E-state index in [0.29, 0.717) is 0 Å². The van der Waals surface area contributed by atoms with Gasteiger partial charge in [-0.1, -0.05) is 58.0 Å². The Labute approximate surface area is 140 Å². The van der Waals surface area contributed by atoms with Gasteiger partial charge in [-0.3, -0.25) is 0 Å². The highest BCUT2D eigenvalue weighted by Crippen LogP contribution is 2.30. The molecule has 0 amide bonds. The van der Waals surface area contributed by atoms with E-state index < -0.39 is 15.9 Å². The molecule has 112 valence electrons. The normalized spacial score (nSPS) is 12.9. The maximum absolute atomic E-state index is 11.2. The number of nitrogens with two attached hydrogens (primary N) is 1. The van der Waals surface area contributed by atoms with Gasteiger partial charge in [0.15, 0.2) is 0 Å². The number of esters is 1. The molecule has 0 aliphatic rings. The molecule has 1 aromatic rings. The molecule has 0 radical (unpaired) electrons. The van der Waals surface area contributed by atoms with E-state index in [9.17, 15) is 4.79 Å². The van der Waals surface area contributed by atoms with Crippen molar-refractivity contribution in [2.24, 2.45) is 0 Å². The van der Waals surface area contributed by atoms with Crippen LogP contribution < -0.4 is 10.5 Å². The van der Waals surface area contributed by atoms with E-state index in [-0.39, 0.29) is 28.3 Å². The number of hydrogen-bond acceptors (Lipinski definition) is 5.